The summed E-state index contributed by atoms with van der Waals surface area (Å²) < 4.78 is 30.4. The van der Waals surface area contributed by atoms with E-state index < -0.39 is 7.82 Å². The summed E-state index contributed by atoms with van der Waals surface area (Å²) in [6.45, 7) is 6.14. The predicted octanol–water partition coefficient (Wildman–Crippen LogP) is 7.67. The number of hydrogen-bond acceptors (Lipinski definition) is 4. The standard InChI is InChI=1S/C25H27O4P/c1-3-4-7-12-22-17-19-23(20-18-22)21(2)27-30(26,28-24-13-8-5-9-14-24)29-25-15-10-6-11-16-25/h5-6,8-11,13-20H,2-4,7,12H2,1H3. The molecule has 0 aliphatic heterocycles. The number of para-hydroxylation sites is 2. The highest BCUT2D eigenvalue weighted by atomic mass is 31.2. The van der Waals surface area contributed by atoms with Gasteiger partial charge in [-0.2, -0.15) is 4.57 Å². The van der Waals surface area contributed by atoms with Gasteiger partial charge in [-0.05, 0) is 42.7 Å². The van der Waals surface area contributed by atoms with E-state index in [-0.39, 0.29) is 5.76 Å². The van der Waals surface area contributed by atoms with Crippen molar-refractivity contribution in [3.8, 4) is 11.5 Å². The number of phosphoric ester groups is 1. The fourth-order valence-electron chi connectivity index (χ4n) is 2.90. The minimum atomic E-state index is -4.02. The third kappa shape index (κ3) is 6.53. The van der Waals surface area contributed by atoms with Gasteiger partial charge < -0.3 is 13.6 Å². The van der Waals surface area contributed by atoms with E-state index >= 15 is 0 Å². The SMILES string of the molecule is C=C(OP(=O)(Oc1ccccc1)Oc1ccccc1)c1ccc(CCCCC)cc1. The molecule has 0 radical (unpaired) electrons. The number of benzene rings is 3. The minimum Gasteiger partial charge on any atom is -0.386 e. The number of phosphoric acid groups is 1. The van der Waals surface area contributed by atoms with Crippen LogP contribution in [0, 0.1) is 0 Å². The van der Waals surface area contributed by atoms with Gasteiger partial charge in [0.1, 0.15) is 17.3 Å². The number of aryl methyl sites for hydroxylation is 1. The molecule has 3 aromatic rings. The zero-order chi connectivity index (χ0) is 21.2. The van der Waals surface area contributed by atoms with E-state index in [1.54, 1.807) is 48.5 Å². The van der Waals surface area contributed by atoms with Crippen molar-refractivity contribution in [2.75, 3.05) is 0 Å². The van der Waals surface area contributed by atoms with Gasteiger partial charge in [0.15, 0.2) is 0 Å². The van der Waals surface area contributed by atoms with Gasteiger partial charge in [-0.25, -0.2) is 0 Å². The normalized spacial score (nSPS) is 11.0. The van der Waals surface area contributed by atoms with Crippen molar-refractivity contribution in [2.24, 2.45) is 0 Å². The molecule has 0 aliphatic rings. The summed E-state index contributed by atoms with van der Waals surface area (Å²) >= 11 is 0. The number of rotatable bonds is 11. The molecule has 0 heterocycles. The van der Waals surface area contributed by atoms with E-state index in [4.69, 9.17) is 13.6 Å². The lowest BCUT2D eigenvalue weighted by molar-refractivity contribution is 0.285. The van der Waals surface area contributed by atoms with E-state index in [9.17, 15) is 4.57 Å². The van der Waals surface area contributed by atoms with Crippen molar-refractivity contribution in [1.29, 1.82) is 0 Å². The topological polar surface area (TPSA) is 44.8 Å². The Balaban J connectivity index is 1.74. The highest BCUT2D eigenvalue weighted by molar-refractivity contribution is 7.49. The highest BCUT2D eigenvalue weighted by Gasteiger charge is 2.33. The van der Waals surface area contributed by atoms with Gasteiger partial charge in [-0.3, -0.25) is 0 Å². The van der Waals surface area contributed by atoms with Crippen molar-refractivity contribution in [3.05, 3.63) is 103 Å². The summed E-state index contributed by atoms with van der Waals surface area (Å²) in [7, 11) is -4.02. The zero-order valence-corrected chi connectivity index (χ0v) is 18.1. The summed E-state index contributed by atoms with van der Waals surface area (Å²) in [4.78, 5) is 0. The molecule has 0 spiro atoms. The maximum absolute atomic E-state index is 13.4. The lowest BCUT2D eigenvalue weighted by Crippen LogP contribution is -2.04. The molecule has 3 aromatic carbocycles. The molecule has 3 rings (SSSR count). The molecular weight excluding hydrogens is 395 g/mol. The number of hydrogen-bond donors (Lipinski definition) is 0. The van der Waals surface area contributed by atoms with Crippen molar-refractivity contribution in [1.82, 2.24) is 0 Å². The molecule has 0 amide bonds. The molecule has 0 aliphatic carbocycles. The second kappa shape index (κ2) is 10.7. The Morgan fingerprint density at radius 1 is 0.800 bits per heavy atom. The van der Waals surface area contributed by atoms with Crippen molar-refractivity contribution in [2.45, 2.75) is 32.6 Å². The first-order chi connectivity index (χ1) is 14.6. The summed E-state index contributed by atoms with van der Waals surface area (Å²) in [5, 5.41) is 0. The average molecular weight is 422 g/mol. The van der Waals surface area contributed by atoms with Gasteiger partial charge in [-0.15, -0.1) is 0 Å². The van der Waals surface area contributed by atoms with Gasteiger partial charge >= 0.3 is 7.82 Å². The summed E-state index contributed by atoms with van der Waals surface area (Å²) in [6.07, 6.45) is 4.61. The summed E-state index contributed by atoms with van der Waals surface area (Å²) in [5.74, 6) is 0.997. The van der Waals surface area contributed by atoms with Gasteiger partial charge in [0, 0.05) is 5.56 Å². The Labute approximate surface area is 178 Å². The first kappa shape index (κ1) is 21.7. The Bertz CT molecular complexity index is 924. The van der Waals surface area contributed by atoms with Gasteiger partial charge in [0.25, 0.3) is 0 Å². The lowest BCUT2D eigenvalue weighted by Gasteiger charge is -2.20. The monoisotopic (exact) mass is 422 g/mol. The Morgan fingerprint density at radius 3 is 1.83 bits per heavy atom. The van der Waals surface area contributed by atoms with Crippen molar-refractivity contribution < 1.29 is 18.1 Å². The Hall–Kier alpha value is -2.97. The molecule has 30 heavy (non-hydrogen) atoms. The second-order valence-corrected chi connectivity index (χ2v) is 8.37. The van der Waals surface area contributed by atoms with Crippen molar-refractivity contribution >= 4 is 13.6 Å². The first-order valence-corrected chi connectivity index (χ1v) is 11.6. The molecule has 5 heteroatoms. The molecule has 0 N–H and O–H groups in total. The van der Waals surface area contributed by atoms with Crippen LogP contribution >= 0.6 is 7.82 Å². The van der Waals surface area contributed by atoms with Crippen LogP contribution in [0.5, 0.6) is 11.5 Å². The minimum absolute atomic E-state index is 0.227. The summed E-state index contributed by atoms with van der Waals surface area (Å²) in [5.41, 5.74) is 1.98. The van der Waals surface area contributed by atoms with Crippen LogP contribution in [0.25, 0.3) is 5.76 Å². The van der Waals surface area contributed by atoms with Gasteiger partial charge in [0.05, 0.1) is 0 Å². The molecule has 0 aromatic heterocycles. The first-order valence-electron chi connectivity index (χ1n) is 10.1. The van der Waals surface area contributed by atoms with E-state index in [1.165, 1.54) is 24.8 Å². The largest absolute Gasteiger partial charge is 0.647 e. The van der Waals surface area contributed by atoms with Crippen LogP contribution < -0.4 is 9.05 Å². The quantitative estimate of drug-likeness (QED) is 0.181. The molecule has 0 unspecified atom stereocenters. The Morgan fingerprint density at radius 2 is 1.33 bits per heavy atom. The van der Waals surface area contributed by atoms with E-state index in [1.807, 2.05) is 36.4 Å². The van der Waals surface area contributed by atoms with Crippen LogP contribution in [0.4, 0.5) is 0 Å². The van der Waals surface area contributed by atoms with Crippen LogP contribution in [0.15, 0.2) is 91.5 Å². The van der Waals surface area contributed by atoms with Crippen LogP contribution in [0.1, 0.15) is 37.3 Å². The fourth-order valence-corrected chi connectivity index (χ4v) is 4.15. The molecule has 0 saturated heterocycles. The third-order valence-corrected chi connectivity index (χ3v) is 5.80. The van der Waals surface area contributed by atoms with Crippen LogP contribution in [0.3, 0.4) is 0 Å². The average Bonchev–Trinajstić information content (AvgIpc) is 2.75. The zero-order valence-electron chi connectivity index (χ0n) is 17.2. The maximum atomic E-state index is 13.4. The molecule has 0 bridgehead atoms. The lowest BCUT2D eigenvalue weighted by atomic mass is 10.1. The molecule has 156 valence electrons. The van der Waals surface area contributed by atoms with Crippen LogP contribution in [-0.4, -0.2) is 0 Å². The van der Waals surface area contributed by atoms with Gasteiger partial charge in [0.2, 0.25) is 0 Å². The fraction of sp³-hybridized carbons (Fsp3) is 0.200. The summed E-state index contributed by atoms with van der Waals surface area (Å²) in [6, 6.07) is 25.5. The predicted molar refractivity (Wildman–Crippen MR) is 122 cm³/mol. The Kier molecular flexibility index (Phi) is 7.75. The number of unbranched alkanes of at least 4 members (excludes halogenated alkanes) is 2. The smallest absolute Gasteiger partial charge is 0.386 e. The van der Waals surface area contributed by atoms with E-state index in [0.29, 0.717) is 11.5 Å². The molecule has 0 saturated carbocycles. The molecule has 4 nitrogen and oxygen atoms in total. The second-order valence-electron chi connectivity index (χ2n) is 6.92. The maximum Gasteiger partial charge on any atom is 0.647 e. The highest BCUT2D eigenvalue weighted by Crippen LogP contribution is 2.52. The molecular formula is C25H27O4P. The third-order valence-electron chi connectivity index (χ3n) is 4.49. The molecule has 0 atom stereocenters. The van der Waals surface area contributed by atoms with Crippen LogP contribution in [-0.2, 0) is 15.5 Å². The molecule has 0 fully saturated rings. The van der Waals surface area contributed by atoms with Crippen LogP contribution in [0.2, 0.25) is 0 Å². The van der Waals surface area contributed by atoms with Crippen molar-refractivity contribution in [3.63, 3.8) is 0 Å². The van der Waals surface area contributed by atoms with E-state index in [0.717, 1.165) is 12.0 Å². The van der Waals surface area contributed by atoms with E-state index in [2.05, 4.69) is 13.5 Å². The van der Waals surface area contributed by atoms with Gasteiger partial charge in [-0.1, -0.05) is 87.0 Å².